The summed E-state index contributed by atoms with van der Waals surface area (Å²) in [5.74, 6) is -0.587. The van der Waals surface area contributed by atoms with E-state index in [0.717, 1.165) is 11.1 Å². The molecule has 0 saturated heterocycles. The summed E-state index contributed by atoms with van der Waals surface area (Å²) >= 11 is 0. The normalized spacial score (nSPS) is 11.0. The fourth-order valence-corrected chi connectivity index (χ4v) is 0.969. The highest BCUT2D eigenvalue weighted by molar-refractivity contribution is 5.91. The number of amides is 1. The standard InChI is InChI=1S/C10H10N2O3/c13-10(12-15)6-5-8-1-3-9(4-2-8)7-11-14/h1-7,14-15H,(H,12,13)/b6-5+,11-7?. The second-order valence-electron chi connectivity index (χ2n) is 2.72. The molecule has 0 saturated carbocycles. The highest BCUT2D eigenvalue weighted by atomic mass is 16.5. The lowest BCUT2D eigenvalue weighted by molar-refractivity contribution is -0.124. The molecular weight excluding hydrogens is 196 g/mol. The molecule has 3 N–H and O–H groups in total. The lowest BCUT2D eigenvalue weighted by atomic mass is 10.1. The Morgan fingerprint density at radius 2 is 1.87 bits per heavy atom. The van der Waals surface area contributed by atoms with Gasteiger partial charge in [-0.15, -0.1) is 0 Å². The van der Waals surface area contributed by atoms with Crippen LogP contribution in [0, 0.1) is 0 Å². The molecule has 0 unspecified atom stereocenters. The summed E-state index contributed by atoms with van der Waals surface area (Å²) in [6.07, 6.45) is 4.05. The number of benzene rings is 1. The molecular formula is C10H10N2O3. The van der Waals surface area contributed by atoms with Crippen molar-refractivity contribution in [2.75, 3.05) is 0 Å². The molecule has 1 aromatic carbocycles. The largest absolute Gasteiger partial charge is 0.411 e. The predicted molar refractivity (Wildman–Crippen MR) is 54.8 cm³/mol. The van der Waals surface area contributed by atoms with Crippen LogP contribution in [0.4, 0.5) is 0 Å². The maximum atomic E-state index is 10.7. The molecule has 0 radical (unpaired) electrons. The van der Waals surface area contributed by atoms with Gasteiger partial charge in [-0.25, -0.2) is 5.48 Å². The van der Waals surface area contributed by atoms with Gasteiger partial charge in [0, 0.05) is 6.08 Å². The van der Waals surface area contributed by atoms with E-state index in [-0.39, 0.29) is 0 Å². The first-order valence-electron chi connectivity index (χ1n) is 4.16. The van der Waals surface area contributed by atoms with E-state index in [9.17, 15) is 4.79 Å². The average molecular weight is 206 g/mol. The number of hydroxylamine groups is 1. The SMILES string of the molecule is O=C(/C=C/c1ccc(C=NO)cc1)NO. The predicted octanol–water partition coefficient (Wildman–Crippen LogP) is 1.01. The molecule has 0 fully saturated rings. The number of carbonyl (C=O) groups excluding carboxylic acids is 1. The number of hydrogen-bond donors (Lipinski definition) is 3. The van der Waals surface area contributed by atoms with E-state index in [1.807, 2.05) is 0 Å². The number of nitrogens with zero attached hydrogens (tertiary/aromatic N) is 1. The van der Waals surface area contributed by atoms with Crippen LogP contribution >= 0.6 is 0 Å². The van der Waals surface area contributed by atoms with Gasteiger partial charge < -0.3 is 5.21 Å². The maximum Gasteiger partial charge on any atom is 0.267 e. The molecule has 15 heavy (non-hydrogen) atoms. The van der Waals surface area contributed by atoms with Crippen molar-refractivity contribution in [2.24, 2.45) is 5.16 Å². The van der Waals surface area contributed by atoms with Gasteiger partial charge >= 0.3 is 0 Å². The number of oxime groups is 1. The van der Waals surface area contributed by atoms with Crippen LogP contribution in [-0.4, -0.2) is 22.5 Å². The first-order valence-corrected chi connectivity index (χ1v) is 4.16. The van der Waals surface area contributed by atoms with E-state index in [1.54, 1.807) is 30.3 Å². The Hall–Kier alpha value is -2.14. The number of hydrogen-bond acceptors (Lipinski definition) is 4. The van der Waals surface area contributed by atoms with Crippen LogP contribution in [0.1, 0.15) is 11.1 Å². The van der Waals surface area contributed by atoms with Crippen LogP contribution in [0.25, 0.3) is 6.08 Å². The van der Waals surface area contributed by atoms with Crippen LogP contribution in [0.2, 0.25) is 0 Å². The summed E-state index contributed by atoms with van der Waals surface area (Å²) in [6, 6.07) is 6.96. The molecule has 1 rings (SSSR count). The summed E-state index contributed by atoms with van der Waals surface area (Å²) in [5, 5.41) is 19.4. The van der Waals surface area contributed by atoms with Gasteiger partial charge in [-0.2, -0.15) is 0 Å². The summed E-state index contributed by atoms with van der Waals surface area (Å²) in [6.45, 7) is 0. The summed E-state index contributed by atoms with van der Waals surface area (Å²) < 4.78 is 0. The van der Waals surface area contributed by atoms with Gasteiger partial charge in [0.05, 0.1) is 6.21 Å². The molecule has 0 heterocycles. The quantitative estimate of drug-likeness (QED) is 0.227. The zero-order valence-corrected chi connectivity index (χ0v) is 7.79. The summed E-state index contributed by atoms with van der Waals surface area (Å²) in [5.41, 5.74) is 3.04. The molecule has 0 aliphatic carbocycles. The molecule has 0 aromatic heterocycles. The van der Waals surface area contributed by atoms with Gasteiger partial charge in [-0.3, -0.25) is 10.0 Å². The molecule has 1 aromatic rings. The minimum absolute atomic E-state index is 0.587. The number of nitrogens with one attached hydrogen (secondary N) is 1. The minimum Gasteiger partial charge on any atom is -0.411 e. The lowest BCUT2D eigenvalue weighted by Gasteiger charge is -1.94. The van der Waals surface area contributed by atoms with Crippen molar-refractivity contribution in [3.63, 3.8) is 0 Å². The van der Waals surface area contributed by atoms with Crippen molar-refractivity contribution >= 4 is 18.2 Å². The summed E-state index contributed by atoms with van der Waals surface area (Å²) in [7, 11) is 0. The van der Waals surface area contributed by atoms with Crippen molar-refractivity contribution in [3.8, 4) is 0 Å². The molecule has 78 valence electrons. The fourth-order valence-electron chi connectivity index (χ4n) is 0.969. The highest BCUT2D eigenvalue weighted by Crippen LogP contribution is 2.04. The van der Waals surface area contributed by atoms with E-state index in [2.05, 4.69) is 5.16 Å². The zero-order valence-electron chi connectivity index (χ0n) is 7.79. The third kappa shape index (κ3) is 3.61. The van der Waals surface area contributed by atoms with E-state index in [4.69, 9.17) is 10.4 Å². The van der Waals surface area contributed by atoms with Crippen LogP contribution in [0.15, 0.2) is 35.5 Å². The Morgan fingerprint density at radius 3 is 2.40 bits per heavy atom. The Morgan fingerprint density at radius 1 is 1.27 bits per heavy atom. The smallest absolute Gasteiger partial charge is 0.267 e. The molecule has 5 nitrogen and oxygen atoms in total. The number of carbonyl (C=O) groups is 1. The maximum absolute atomic E-state index is 10.7. The molecule has 1 amide bonds. The Balaban J connectivity index is 2.72. The van der Waals surface area contributed by atoms with Crippen molar-refractivity contribution in [1.82, 2.24) is 5.48 Å². The first kappa shape index (κ1) is 10.9. The van der Waals surface area contributed by atoms with Crippen LogP contribution in [0.3, 0.4) is 0 Å². The van der Waals surface area contributed by atoms with Crippen LogP contribution in [0.5, 0.6) is 0 Å². The van der Waals surface area contributed by atoms with Gasteiger partial charge in [0.25, 0.3) is 5.91 Å². The molecule has 0 bridgehead atoms. The summed E-state index contributed by atoms with van der Waals surface area (Å²) in [4.78, 5) is 10.7. The van der Waals surface area contributed by atoms with Crippen LogP contribution in [-0.2, 0) is 4.79 Å². The molecule has 5 heteroatoms. The van der Waals surface area contributed by atoms with Gasteiger partial charge in [-0.1, -0.05) is 29.4 Å². The van der Waals surface area contributed by atoms with Gasteiger partial charge in [0.1, 0.15) is 0 Å². The molecule has 0 aliphatic rings. The van der Waals surface area contributed by atoms with Gasteiger partial charge in [-0.05, 0) is 17.2 Å². The molecule has 0 atom stereocenters. The monoisotopic (exact) mass is 206 g/mol. The van der Waals surface area contributed by atoms with E-state index in [1.165, 1.54) is 17.8 Å². The number of rotatable bonds is 3. The van der Waals surface area contributed by atoms with Crippen molar-refractivity contribution in [1.29, 1.82) is 0 Å². The third-order valence-electron chi connectivity index (χ3n) is 1.68. The average Bonchev–Trinajstić information content (AvgIpc) is 2.28. The third-order valence-corrected chi connectivity index (χ3v) is 1.68. The molecule has 0 spiro atoms. The second kappa shape index (κ2) is 5.56. The zero-order chi connectivity index (χ0) is 11.1. The van der Waals surface area contributed by atoms with Crippen molar-refractivity contribution in [2.45, 2.75) is 0 Å². The lowest BCUT2D eigenvalue weighted by Crippen LogP contribution is -2.14. The van der Waals surface area contributed by atoms with Crippen molar-refractivity contribution < 1.29 is 15.2 Å². The first-order chi connectivity index (χ1) is 7.26. The van der Waals surface area contributed by atoms with Crippen LogP contribution < -0.4 is 5.48 Å². The van der Waals surface area contributed by atoms with E-state index in [0.29, 0.717) is 0 Å². The van der Waals surface area contributed by atoms with Gasteiger partial charge in [0.2, 0.25) is 0 Å². The minimum atomic E-state index is -0.587. The topological polar surface area (TPSA) is 81.9 Å². The Bertz CT molecular complexity index is 382. The van der Waals surface area contributed by atoms with Crippen molar-refractivity contribution in [3.05, 3.63) is 41.5 Å². The second-order valence-corrected chi connectivity index (χ2v) is 2.72. The van der Waals surface area contributed by atoms with E-state index >= 15 is 0 Å². The fraction of sp³-hybridized carbons (Fsp3) is 0. The highest BCUT2D eigenvalue weighted by Gasteiger charge is 1.91. The Kier molecular flexibility index (Phi) is 4.05. The molecule has 0 aliphatic heterocycles. The Labute approximate surface area is 86.3 Å². The van der Waals surface area contributed by atoms with Gasteiger partial charge in [0.15, 0.2) is 0 Å². The van der Waals surface area contributed by atoms with E-state index < -0.39 is 5.91 Å².